The van der Waals surface area contributed by atoms with Crippen LogP contribution in [0.5, 0.6) is 0 Å². The van der Waals surface area contributed by atoms with Gasteiger partial charge < -0.3 is 5.32 Å². The Bertz CT molecular complexity index is 517. The van der Waals surface area contributed by atoms with Crippen molar-refractivity contribution < 1.29 is 0 Å². The van der Waals surface area contributed by atoms with Crippen molar-refractivity contribution >= 4 is 0 Å². The zero-order valence-corrected chi connectivity index (χ0v) is 11.4. The Morgan fingerprint density at radius 3 is 2.50 bits per heavy atom. The van der Waals surface area contributed by atoms with Crippen molar-refractivity contribution in [3.63, 3.8) is 0 Å². The van der Waals surface area contributed by atoms with Crippen LogP contribution < -0.4 is 5.32 Å². The molecule has 0 fully saturated rings. The van der Waals surface area contributed by atoms with Gasteiger partial charge in [-0.05, 0) is 37.5 Å². The van der Waals surface area contributed by atoms with Crippen LogP contribution in [0.2, 0.25) is 0 Å². The van der Waals surface area contributed by atoms with Crippen molar-refractivity contribution in [2.45, 2.75) is 33.4 Å². The van der Waals surface area contributed by atoms with E-state index in [9.17, 15) is 0 Å². The van der Waals surface area contributed by atoms with Gasteiger partial charge in [0.15, 0.2) is 0 Å². The van der Waals surface area contributed by atoms with Crippen LogP contribution >= 0.6 is 0 Å². The highest BCUT2D eigenvalue weighted by molar-refractivity contribution is 5.27. The summed E-state index contributed by atoms with van der Waals surface area (Å²) in [6, 6.07) is 17.6. The molecular weight excluding hydrogens is 218 g/mol. The summed E-state index contributed by atoms with van der Waals surface area (Å²) in [6.07, 6.45) is 0. The van der Waals surface area contributed by atoms with E-state index in [4.69, 9.17) is 0 Å². The fourth-order valence-corrected chi connectivity index (χ4v) is 2.13. The largest absolute Gasteiger partial charge is 0.306 e. The molecule has 0 amide bonds. The lowest BCUT2D eigenvalue weighted by atomic mass is 10.0. The first-order chi connectivity index (χ1) is 8.66. The SMILES string of the molecule is Cc1cccc([C@@H](C)NCc2ccccc2C)c1. The van der Waals surface area contributed by atoms with Gasteiger partial charge in [-0.1, -0.05) is 54.1 Å². The molecule has 0 bridgehead atoms. The van der Waals surface area contributed by atoms with Crippen molar-refractivity contribution in [2.24, 2.45) is 0 Å². The molecule has 0 unspecified atom stereocenters. The molecule has 1 atom stereocenters. The fourth-order valence-electron chi connectivity index (χ4n) is 2.13. The maximum atomic E-state index is 3.58. The summed E-state index contributed by atoms with van der Waals surface area (Å²) in [5.74, 6) is 0. The first-order valence-electron chi connectivity index (χ1n) is 6.51. The van der Waals surface area contributed by atoms with E-state index in [0.29, 0.717) is 6.04 Å². The second kappa shape index (κ2) is 5.83. The topological polar surface area (TPSA) is 12.0 Å². The summed E-state index contributed by atoms with van der Waals surface area (Å²) in [4.78, 5) is 0. The fraction of sp³-hybridized carbons (Fsp3) is 0.294. The molecule has 2 rings (SSSR count). The van der Waals surface area contributed by atoms with Crippen LogP contribution in [-0.2, 0) is 6.54 Å². The van der Waals surface area contributed by atoms with Gasteiger partial charge in [0, 0.05) is 12.6 Å². The monoisotopic (exact) mass is 239 g/mol. The number of rotatable bonds is 4. The van der Waals surface area contributed by atoms with Gasteiger partial charge in [0.1, 0.15) is 0 Å². The van der Waals surface area contributed by atoms with E-state index in [0.717, 1.165) is 6.54 Å². The summed E-state index contributed by atoms with van der Waals surface area (Å²) in [7, 11) is 0. The minimum Gasteiger partial charge on any atom is -0.306 e. The normalized spacial score (nSPS) is 12.4. The standard InChI is InChI=1S/C17H21N/c1-13-7-6-10-16(11-13)15(3)18-12-17-9-5-4-8-14(17)2/h4-11,15,18H,12H2,1-3H3/t15-/m1/s1. The number of benzene rings is 2. The number of hydrogen-bond donors (Lipinski definition) is 1. The molecule has 2 aromatic carbocycles. The van der Waals surface area contributed by atoms with Gasteiger partial charge in [-0.2, -0.15) is 0 Å². The van der Waals surface area contributed by atoms with Gasteiger partial charge in [-0.3, -0.25) is 0 Å². The Kier molecular flexibility index (Phi) is 4.16. The zero-order chi connectivity index (χ0) is 13.0. The molecule has 0 aliphatic heterocycles. The Morgan fingerprint density at radius 2 is 1.78 bits per heavy atom. The van der Waals surface area contributed by atoms with Gasteiger partial charge in [0.05, 0.1) is 0 Å². The van der Waals surface area contributed by atoms with Crippen LogP contribution in [0.25, 0.3) is 0 Å². The first-order valence-corrected chi connectivity index (χ1v) is 6.51. The molecule has 94 valence electrons. The van der Waals surface area contributed by atoms with Crippen LogP contribution in [0.15, 0.2) is 48.5 Å². The van der Waals surface area contributed by atoms with E-state index in [1.807, 2.05) is 0 Å². The van der Waals surface area contributed by atoms with Crippen molar-refractivity contribution in [3.05, 3.63) is 70.8 Å². The van der Waals surface area contributed by atoms with Crippen LogP contribution in [0, 0.1) is 13.8 Å². The summed E-state index contributed by atoms with van der Waals surface area (Å²) >= 11 is 0. The quantitative estimate of drug-likeness (QED) is 0.845. The van der Waals surface area contributed by atoms with E-state index >= 15 is 0 Å². The van der Waals surface area contributed by atoms with Gasteiger partial charge in [-0.25, -0.2) is 0 Å². The molecule has 1 heteroatoms. The highest BCUT2D eigenvalue weighted by atomic mass is 14.9. The third kappa shape index (κ3) is 3.21. The molecule has 18 heavy (non-hydrogen) atoms. The Labute approximate surface area is 110 Å². The van der Waals surface area contributed by atoms with E-state index in [2.05, 4.69) is 74.6 Å². The van der Waals surface area contributed by atoms with Crippen LogP contribution in [0.3, 0.4) is 0 Å². The molecule has 1 N–H and O–H groups in total. The van der Waals surface area contributed by atoms with Gasteiger partial charge in [0.25, 0.3) is 0 Å². The maximum absolute atomic E-state index is 3.58. The van der Waals surface area contributed by atoms with Crippen molar-refractivity contribution in [2.75, 3.05) is 0 Å². The molecule has 0 aromatic heterocycles. The average Bonchev–Trinajstić information content (AvgIpc) is 2.37. The lowest BCUT2D eigenvalue weighted by Gasteiger charge is -2.16. The van der Waals surface area contributed by atoms with Crippen LogP contribution in [0.1, 0.15) is 35.2 Å². The van der Waals surface area contributed by atoms with Gasteiger partial charge in [-0.15, -0.1) is 0 Å². The summed E-state index contributed by atoms with van der Waals surface area (Å²) in [5.41, 5.74) is 5.39. The molecule has 0 heterocycles. The molecule has 0 radical (unpaired) electrons. The number of nitrogens with one attached hydrogen (secondary N) is 1. The zero-order valence-electron chi connectivity index (χ0n) is 11.4. The van der Waals surface area contributed by atoms with E-state index in [1.54, 1.807) is 0 Å². The third-order valence-electron chi connectivity index (χ3n) is 3.40. The minimum absolute atomic E-state index is 0.379. The summed E-state index contributed by atoms with van der Waals surface area (Å²) in [5, 5.41) is 3.58. The van der Waals surface area contributed by atoms with E-state index < -0.39 is 0 Å². The molecule has 0 saturated heterocycles. The predicted molar refractivity (Wildman–Crippen MR) is 77.6 cm³/mol. The smallest absolute Gasteiger partial charge is 0.0295 e. The number of hydrogen-bond acceptors (Lipinski definition) is 1. The molecule has 1 nitrogen and oxygen atoms in total. The summed E-state index contributed by atoms with van der Waals surface area (Å²) < 4.78 is 0. The van der Waals surface area contributed by atoms with Crippen molar-refractivity contribution in [3.8, 4) is 0 Å². The average molecular weight is 239 g/mol. The highest BCUT2D eigenvalue weighted by Crippen LogP contribution is 2.15. The van der Waals surface area contributed by atoms with Crippen LogP contribution in [-0.4, -0.2) is 0 Å². The molecule has 0 aliphatic carbocycles. The maximum Gasteiger partial charge on any atom is 0.0295 e. The van der Waals surface area contributed by atoms with Gasteiger partial charge >= 0.3 is 0 Å². The second-order valence-electron chi connectivity index (χ2n) is 4.94. The summed E-state index contributed by atoms with van der Waals surface area (Å²) in [6.45, 7) is 7.43. The Hall–Kier alpha value is -1.60. The molecule has 0 spiro atoms. The molecular formula is C17H21N. The van der Waals surface area contributed by atoms with E-state index in [1.165, 1.54) is 22.3 Å². The molecule has 0 aliphatic rings. The Balaban J connectivity index is 2.00. The Morgan fingerprint density at radius 1 is 1.00 bits per heavy atom. The molecule has 2 aromatic rings. The minimum atomic E-state index is 0.379. The van der Waals surface area contributed by atoms with Gasteiger partial charge in [0.2, 0.25) is 0 Å². The molecule has 0 saturated carbocycles. The predicted octanol–water partition coefficient (Wildman–Crippen LogP) is 4.15. The lowest BCUT2D eigenvalue weighted by molar-refractivity contribution is 0.573. The lowest BCUT2D eigenvalue weighted by Crippen LogP contribution is -2.18. The third-order valence-corrected chi connectivity index (χ3v) is 3.40. The van der Waals surface area contributed by atoms with Crippen molar-refractivity contribution in [1.29, 1.82) is 0 Å². The van der Waals surface area contributed by atoms with Crippen LogP contribution in [0.4, 0.5) is 0 Å². The first kappa shape index (κ1) is 12.8. The number of aryl methyl sites for hydroxylation is 2. The highest BCUT2D eigenvalue weighted by Gasteiger charge is 2.05. The second-order valence-corrected chi connectivity index (χ2v) is 4.94. The van der Waals surface area contributed by atoms with Crippen molar-refractivity contribution in [1.82, 2.24) is 5.32 Å². The van der Waals surface area contributed by atoms with E-state index in [-0.39, 0.29) is 0 Å².